The molecule has 1 N–H and O–H groups in total. The molecule has 2 atom stereocenters. The average molecular weight is 293 g/mol. The number of hydrogen-bond donors (Lipinski definition) is 1. The standard InChI is InChI=1S/C17H29N2O2/c1-17(2,3)16-8-6-15(7-9-16)14-19(21)11-5-10-18(4,20)12-13-19/h6-9,21H,5,10-14H2,1-4H3/q+1. The normalized spacial score (nSPS) is 31.0. The summed E-state index contributed by atoms with van der Waals surface area (Å²) in [6.07, 6.45) is 0.774. The van der Waals surface area contributed by atoms with Gasteiger partial charge in [-0.3, -0.25) is 0 Å². The van der Waals surface area contributed by atoms with E-state index in [4.69, 9.17) is 0 Å². The highest BCUT2D eigenvalue weighted by Crippen LogP contribution is 2.24. The summed E-state index contributed by atoms with van der Waals surface area (Å²) >= 11 is 0. The molecule has 0 spiro atoms. The molecule has 1 fully saturated rings. The summed E-state index contributed by atoms with van der Waals surface area (Å²) in [6.45, 7) is 9.46. The van der Waals surface area contributed by atoms with Crippen molar-refractivity contribution in [2.45, 2.75) is 39.2 Å². The minimum atomic E-state index is -0.233. The van der Waals surface area contributed by atoms with Crippen molar-refractivity contribution in [3.05, 3.63) is 40.6 Å². The molecule has 0 saturated carbocycles. The van der Waals surface area contributed by atoms with Crippen molar-refractivity contribution in [1.82, 2.24) is 0 Å². The van der Waals surface area contributed by atoms with E-state index < -0.39 is 0 Å². The predicted octanol–water partition coefficient (Wildman–Crippen LogP) is 3.04. The number of nitrogens with zero attached hydrogens (tertiary/aromatic N) is 2. The number of hydroxylamine groups is 6. The molecular weight excluding hydrogens is 264 g/mol. The molecule has 118 valence electrons. The van der Waals surface area contributed by atoms with Gasteiger partial charge >= 0.3 is 0 Å². The Labute approximate surface area is 128 Å². The van der Waals surface area contributed by atoms with Gasteiger partial charge in [-0.15, -0.1) is 0 Å². The molecule has 0 aliphatic carbocycles. The smallest absolute Gasteiger partial charge is 0.158 e. The van der Waals surface area contributed by atoms with E-state index in [1.165, 1.54) is 5.56 Å². The van der Waals surface area contributed by atoms with Gasteiger partial charge in [0.1, 0.15) is 19.6 Å². The summed E-state index contributed by atoms with van der Waals surface area (Å²) in [5.74, 6) is 0. The van der Waals surface area contributed by atoms with Gasteiger partial charge in [0, 0.05) is 12.0 Å². The van der Waals surface area contributed by atoms with Crippen molar-refractivity contribution in [2.24, 2.45) is 0 Å². The number of benzene rings is 1. The zero-order valence-corrected chi connectivity index (χ0v) is 13.8. The maximum absolute atomic E-state index is 12.1. The van der Waals surface area contributed by atoms with Crippen LogP contribution in [0.3, 0.4) is 0 Å². The van der Waals surface area contributed by atoms with Crippen LogP contribution in [0, 0.1) is 5.21 Å². The summed E-state index contributed by atoms with van der Waals surface area (Å²) in [4.78, 5) is 0. The number of likely N-dealkylation sites (N-methyl/N-ethyl adjacent to an activating group) is 1. The lowest BCUT2D eigenvalue weighted by Crippen LogP contribution is -2.48. The molecule has 0 bridgehead atoms. The second-order valence-electron chi connectivity index (χ2n) is 7.74. The fraction of sp³-hybridized carbons (Fsp3) is 0.647. The molecule has 1 aliphatic heterocycles. The molecule has 0 aromatic heterocycles. The molecule has 1 heterocycles. The van der Waals surface area contributed by atoms with Crippen molar-refractivity contribution in [1.29, 1.82) is 0 Å². The maximum Gasteiger partial charge on any atom is 0.158 e. The van der Waals surface area contributed by atoms with Crippen molar-refractivity contribution in [3.63, 3.8) is 0 Å². The van der Waals surface area contributed by atoms with Crippen molar-refractivity contribution < 1.29 is 14.5 Å². The highest BCUT2D eigenvalue weighted by molar-refractivity contribution is 5.27. The highest BCUT2D eigenvalue weighted by atomic mass is 16.6. The van der Waals surface area contributed by atoms with Crippen LogP contribution in [0.5, 0.6) is 0 Å². The minimum Gasteiger partial charge on any atom is -0.633 e. The largest absolute Gasteiger partial charge is 0.633 e. The van der Waals surface area contributed by atoms with Gasteiger partial charge in [-0.2, -0.15) is 4.65 Å². The lowest BCUT2D eigenvalue weighted by molar-refractivity contribution is -1.12. The molecular formula is C17H29N2O2+. The van der Waals surface area contributed by atoms with E-state index in [0.29, 0.717) is 32.7 Å². The molecule has 2 rings (SSSR count). The van der Waals surface area contributed by atoms with E-state index in [0.717, 1.165) is 12.0 Å². The number of rotatable bonds is 2. The summed E-state index contributed by atoms with van der Waals surface area (Å²) in [5.41, 5.74) is 2.58. The van der Waals surface area contributed by atoms with Crippen LogP contribution >= 0.6 is 0 Å². The fourth-order valence-corrected chi connectivity index (χ4v) is 2.93. The third-order valence-electron chi connectivity index (χ3n) is 4.49. The quantitative estimate of drug-likeness (QED) is 0.673. The first-order chi connectivity index (χ1) is 9.60. The van der Waals surface area contributed by atoms with E-state index in [9.17, 15) is 10.4 Å². The van der Waals surface area contributed by atoms with Crippen molar-refractivity contribution >= 4 is 0 Å². The van der Waals surface area contributed by atoms with E-state index in [2.05, 4.69) is 45.0 Å². The zero-order valence-electron chi connectivity index (χ0n) is 13.8. The van der Waals surface area contributed by atoms with Crippen LogP contribution in [0.15, 0.2) is 24.3 Å². The first-order valence-corrected chi connectivity index (χ1v) is 7.84. The fourth-order valence-electron chi connectivity index (χ4n) is 2.93. The second kappa shape index (κ2) is 5.69. The topological polar surface area (TPSA) is 43.3 Å². The molecule has 1 aromatic rings. The molecule has 4 heteroatoms. The van der Waals surface area contributed by atoms with Crippen LogP contribution in [-0.2, 0) is 12.0 Å². The highest BCUT2D eigenvalue weighted by Gasteiger charge is 2.32. The molecule has 0 radical (unpaired) electrons. The first kappa shape index (κ1) is 16.4. The Morgan fingerprint density at radius 1 is 1.05 bits per heavy atom. The van der Waals surface area contributed by atoms with Crippen LogP contribution in [0.1, 0.15) is 38.3 Å². The Bertz CT molecular complexity index is 477. The minimum absolute atomic E-state index is 0.00898. The zero-order chi connectivity index (χ0) is 15.7. The molecule has 2 unspecified atom stereocenters. The first-order valence-electron chi connectivity index (χ1n) is 7.84. The predicted molar refractivity (Wildman–Crippen MR) is 84.5 cm³/mol. The summed E-state index contributed by atoms with van der Waals surface area (Å²) in [5, 5.41) is 22.8. The average Bonchev–Trinajstić information content (AvgIpc) is 2.48. The third-order valence-corrected chi connectivity index (χ3v) is 4.49. The van der Waals surface area contributed by atoms with Gasteiger partial charge in [0.05, 0.1) is 13.6 Å². The van der Waals surface area contributed by atoms with E-state index >= 15 is 0 Å². The van der Waals surface area contributed by atoms with Crippen LogP contribution in [0.25, 0.3) is 0 Å². The monoisotopic (exact) mass is 293 g/mol. The maximum atomic E-state index is 12.1. The molecule has 1 aliphatic rings. The van der Waals surface area contributed by atoms with Crippen LogP contribution < -0.4 is 0 Å². The summed E-state index contributed by atoms with van der Waals surface area (Å²) in [7, 11) is 1.70. The van der Waals surface area contributed by atoms with Gasteiger partial charge in [0.15, 0.2) is 6.54 Å². The molecule has 4 nitrogen and oxygen atoms in total. The van der Waals surface area contributed by atoms with Gasteiger partial charge in [0.2, 0.25) is 0 Å². The van der Waals surface area contributed by atoms with Gasteiger partial charge < -0.3 is 9.85 Å². The Morgan fingerprint density at radius 2 is 1.67 bits per heavy atom. The lowest BCUT2D eigenvalue weighted by atomic mass is 9.87. The molecule has 0 amide bonds. The van der Waals surface area contributed by atoms with Crippen LogP contribution in [0.2, 0.25) is 0 Å². The Balaban J connectivity index is 2.07. The molecule has 1 saturated heterocycles. The van der Waals surface area contributed by atoms with Gasteiger partial charge in [0.25, 0.3) is 0 Å². The number of hydrogen-bond acceptors (Lipinski definition) is 2. The SMILES string of the molecule is CC(C)(C)c1ccc(C[N+]2(O)CCC[N+](C)([O-])CC2)cc1. The van der Waals surface area contributed by atoms with Crippen LogP contribution in [0.4, 0.5) is 0 Å². The molecule has 21 heavy (non-hydrogen) atoms. The van der Waals surface area contributed by atoms with Crippen molar-refractivity contribution in [3.8, 4) is 0 Å². The molecule has 1 aromatic carbocycles. The van der Waals surface area contributed by atoms with E-state index in [1.54, 1.807) is 7.05 Å². The Hall–Kier alpha value is -0.940. The van der Waals surface area contributed by atoms with E-state index in [-0.39, 0.29) is 14.7 Å². The van der Waals surface area contributed by atoms with Gasteiger partial charge in [-0.25, -0.2) is 5.21 Å². The van der Waals surface area contributed by atoms with Crippen molar-refractivity contribution in [2.75, 3.05) is 33.2 Å². The van der Waals surface area contributed by atoms with Crippen LogP contribution in [-0.4, -0.2) is 47.7 Å². The summed E-state index contributed by atoms with van der Waals surface area (Å²) in [6, 6.07) is 8.50. The van der Waals surface area contributed by atoms with E-state index in [1.807, 2.05) is 0 Å². The Morgan fingerprint density at radius 3 is 2.24 bits per heavy atom. The third kappa shape index (κ3) is 4.51. The van der Waals surface area contributed by atoms with Gasteiger partial charge in [-0.05, 0) is 11.0 Å². The second-order valence-corrected chi connectivity index (χ2v) is 7.74. The summed E-state index contributed by atoms with van der Waals surface area (Å²) < 4.78 is -0.242. The number of quaternary nitrogens is 2. The lowest BCUT2D eigenvalue weighted by Gasteiger charge is -2.37. The Kier molecular flexibility index (Phi) is 4.45. The van der Waals surface area contributed by atoms with Gasteiger partial charge in [-0.1, -0.05) is 45.0 Å².